The predicted octanol–water partition coefficient (Wildman–Crippen LogP) is 2.66. The summed E-state index contributed by atoms with van der Waals surface area (Å²) in [6, 6.07) is 1.57. The standard InChI is InChI=1S/C10H12F3N3/c1-2-3-8(10(11,12)13)5-4-7(6-14)9(15)16/h3-4H,2,5H2,1H3,(H3,15,16)/b7-4?,8-3+. The summed E-state index contributed by atoms with van der Waals surface area (Å²) in [7, 11) is 0. The molecule has 0 radical (unpaired) electrons. The van der Waals surface area contributed by atoms with Crippen LogP contribution in [0.3, 0.4) is 0 Å². The first-order chi connectivity index (χ1) is 7.32. The Kier molecular flexibility index (Phi) is 5.30. The van der Waals surface area contributed by atoms with Crippen LogP contribution >= 0.6 is 0 Å². The van der Waals surface area contributed by atoms with E-state index in [1.807, 2.05) is 0 Å². The fourth-order valence-corrected chi connectivity index (χ4v) is 0.989. The van der Waals surface area contributed by atoms with Crippen LogP contribution in [0.5, 0.6) is 0 Å². The van der Waals surface area contributed by atoms with Crippen LogP contribution in [-0.2, 0) is 0 Å². The van der Waals surface area contributed by atoms with Crippen molar-refractivity contribution in [3.05, 3.63) is 23.3 Å². The van der Waals surface area contributed by atoms with E-state index < -0.39 is 24.0 Å². The van der Waals surface area contributed by atoms with E-state index in [9.17, 15) is 13.2 Å². The highest BCUT2D eigenvalue weighted by atomic mass is 19.4. The topological polar surface area (TPSA) is 73.7 Å². The molecule has 0 aliphatic rings. The molecule has 0 aromatic heterocycles. The first-order valence-corrected chi connectivity index (χ1v) is 4.53. The van der Waals surface area contributed by atoms with Crippen molar-refractivity contribution in [1.29, 1.82) is 10.7 Å². The molecule has 0 rings (SSSR count). The Morgan fingerprint density at radius 1 is 1.44 bits per heavy atom. The van der Waals surface area contributed by atoms with Crippen LogP contribution < -0.4 is 5.73 Å². The van der Waals surface area contributed by atoms with E-state index in [0.29, 0.717) is 0 Å². The zero-order valence-corrected chi connectivity index (χ0v) is 8.73. The Balaban J connectivity index is 4.89. The SMILES string of the molecule is CC/C=C(\CC=C(C#N)C(=N)N)C(F)(F)F. The normalized spacial score (nSPS) is 13.4. The molecule has 0 unspecified atom stereocenters. The molecule has 0 atom stereocenters. The maximum absolute atomic E-state index is 12.4. The molecule has 0 aliphatic heterocycles. The fraction of sp³-hybridized carbons (Fsp3) is 0.400. The van der Waals surface area contributed by atoms with Gasteiger partial charge in [0.25, 0.3) is 0 Å². The number of alkyl halides is 3. The van der Waals surface area contributed by atoms with Crippen LogP contribution in [0, 0.1) is 16.7 Å². The highest BCUT2D eigenvalue weighted by Gasteiger charge is 2.32. The maximum atomic E-state index is 12.4. The average molecular weight is 231 g/mol. The van der Waals surface area contributed by atoms with Gasteiger partial charge in [-0.25, -0.2) is 0 Å². The lowest BCUT2D eigenvalue weighted by atomic mass is 10.1. The van der Waals surface area contributed by atoms with Crippen LogP contribution in [0.4, 0.5) is 13.2 Å². The number of amidine groups is 1. The number of nitriles is 1. The van der Waals surface area contributed by atoms with Crippen molar-refractivity contribution in [2.45, 2.75) is 25.9 Å². The van der Waals surface area contributed by atoms with Gasteiger partial charge in [-0.1, -0.05) is 19.1 Å². The first-order valence-electron chi connectivity index (χ1n) is 4.53. The van der Waals surface area contributed by atoms with Crippen molar-refractivity contribution < 1.29 is 13.2 Å². The third-order valence-corrected chi connectivity index (χ3v) is 1.75. The van der Waals surface area contributed by atoms with Gasteiger partial charge in [0.1, 0.15) is 11.9 Å². The van der Waals surface area contributed by atoms with Crippen molar-refractivity contribution in [3.8, 4) is 6.07 Å². The minimum Gasteiger partial charge on any atom is -0.383 e. The molecule has 0 saturated heterocycles. The van der Waals surface area contributed by atoms with Crippen molar-refractivity contribution in [1.82, 2.24) is 0 Å². The minimum atomic E-state index is -4.41. The minimum absolute atomic E-state index is 0.244. The van der Waals surface area contributed by atoms with E-state index >= 15 is 0 Å². The lowest BCUT2D eigenvalue weighted by Gasteiger charge is -2.09. The highest BCUT2D eigenvalue weighted by molar-refractivity contribution is 5.98. The molecule has 0 aromatic carbocycles. The molecule has 0 fully saturated rings. The summed E-state index contributed by atoms with van der Waals surface area (Å²) >= 11 is 0. The number of halogens is 3. The Bertz CT molecular complexity index is 358. The smallest absolute Gasteiger partial charge is 0.383 e. The van der Waals surface area contributed by atoms with Crippen molar-refractivity contribution >= 4 is 5.84 Å². The second-order valence-corrected chi connectivity index (χ2v) is 2.98. The number of hydrogen-bond acceptors (Lipinski definition) is 2. The molecule has 0 amide bonds. The number of nitrogens with one attached hydrogen (secondary N) is 1. The zero-order chi connectivity index (χ0) is 12.8. The Labute approximate surface area is 91.6 Å². The van der Waals surface area contributed by atoms with Crippen molar-refractivity contribution in [2.24, 2.45) is 5.73 Å². The first kappa shape index (κ1) is 14.2. The van der Waals surface area contributed by atoms with Crippen molar-refractivity contribution in [3.63, 3.8) is 0 Å². The third-order valence-electron chi connectivity index (χ3n) is 1.75. The average Bonchev–Trinajstić information content (AvgIpc) is 2.15. The van der Waals surface area contributed by atoms with Gasteiger partial charge in [0.05, 0.1) is 5.57 Å². The monoisotopic (exact) mass is 231 g/mol. The quantitative estimate of drug-likeness (QED) is 0.338. The van der Waals surface area contributed by atoms with Gasteiger partial charge in [0, 0.05) is 5.57 Å². The van der Waals surface area contributed by atoms with Gasteiger partial charge in [-0.2, -0.15) is 18.4 Å². The van der Waals surface area contributed by atoms with E-state index in [0.717, 1.165) is 12.2 Å². The van der Waals surface area contributed by atoms with Gasteiger partial charge >= 0.3 is 6.18 Å². The van der Waals surface area contributed by atoms with E-state index in [1.54, 1.807) is 13.0 Å². The van der Waals surface area contributed by atoms with E-state index in [-0.39, 0.29) is 12.0 Å². The lowest BCUT2D eigenvalue weighted by molar-refractivity contribution is -0.0931. The molecule has 88 valence electrons. The Hall–Kier alpha value is -1.77. The fourth-order valence-electron chi connectivity index (χ4n) is 0.989. The number of nitrogens with two attached hydrogens (primary N) is 1. The van der Waals surface area contributed by atoms with E-state index in [1.165, 1.54) is 0 Å². The van der Waals surface area contributed by atoms with Crippen LogP contribution in [0.25, 0.3) is 0 Å². The summed E-state index contributed by atoms with van der Waals surface area (Å²) in [5, 5.41) is 15.4. The second kappa shape index (κ2) is 5.95. The van der Waals surface area contributed by atoms with Crippen LogP contribution in [-0.4, -0.2) is 12.0 Å². The molecule has 3 N–H and O–H groups in total. The van der Waals surface area contributed by atoms with Crippen LogP contribution in [0.15, 0.2) is 23.3 Å². The molecular formula is C10H12F3N3. The number of rotatable bonds is 4. The molecule has 3 nitrogen and oxygen atoms in total. The summed E-state index contributed by atoms with van der Waals surface area (Å²) in [5.74, 6) is -0.527. The highest BCUT2D eigenvalue weighted by Crippen LogP contribution is 2.29. The van der Waals surface area contributed by atoms with Gasteiger partial charge in [-0.05, 0) is 12.8 Å². The Morgan fingerprint density at radius 3 is 2.31 bits per heavy atom. The second-order valence-electron chi connectivity index (χ2n) is 2.98. The molecule has 0 aliphatic carbocycles. The molecule has 6 heteroatoms. The predicted molar refractivity (Wildman–Crippen MR) is 54.7 cm³/mol. The van der Waals surface area contributed by atoms with Crippen LogP contribution in [0.2, 0.25) is 0 Å². The summed E-state index contributed by atoms with van der Waals surface area (Å²) in [5.41, 5.74) is 4.03. The molecular weight excluding hydrogens is 219 g/mol. The summed E-state index contributed by atoms with van der Waals surface area (Å²) in [6.07, 6.45) is -2.54. The number of nitrogens with zero attached hydrogens (tertiary/aromatic N) is 1. The summed E-state index contributed by atoms with van der Waals surface area (Å²) in [4.78, 5) is 0. The van der Waals surface area contributed by atoms with Crippen molar-refractivity contribution in [2.75, 3.05) is 0 Å². The lowest BCUT2D eigenvalue weighted by Crippen LogP contribution is -2.14. The Morgan fingerprint density at radius 2 is 2.00 bits per heavy atom. The van der Waals surface area contributed by atoms with Gasteiger partial charge in [0.2, 0.25) is 0 Å². The molecule has 0 heterocycles. The molecule has 0 aromatic rings. The molecule has 16 heavy (non-hydrogen) atoms. The summed E-state index contributed by atoms with van der Waals surface area (Å²) in [6.45, 7) is 1.59. The number of hydrogen-bond donors (Lipinski definition) is 2. The molecule has 0 spiro atoms. The van der Waals surface area contributed by atoms with E-state index in [4.69, 9.17) is 16.4 Å². The zero-order valence-electron chi connectivity index (χ0n) is 8.73. The molecule has 0 bridgehead atoms. The number of allylic oxidation sites excluding steroid dienone is 3. The molecule has 0 saturated carbocycles. The van der Waals surface area contributed by atoms with E-state index in [2.05, 4.69) is 0 Å². The summed E-state index contributed by atoms with van der Waals surface area (Å²) < 4.78 is 37.2. The van der Waals surface area contributed by atoms with Gasteiger partial charge < -0.3 is 5.73 Å². The van der Waals surface area contributed by atoms with Gasteiger partial charge in [0.15, 0.2) is 0 Å². The van der Waals surface area contributed by atoms with Gasteiger partial charge in [-0.15, -0.1) is 0 Å². The largest absolute Gasteiger partial charge is 0.412 e. The van der Waals surface area contributed by atoms with Crippen LogP contribution in [0.1, 0.15) is 19.8 Å². The van der Waals surface area contributed by atoms with Gasteiger partial charge in [-0.3, -0.25) is 5.41 Å². The third kappa shape index (κ3) is 4.64. The maximum Gasteiger partial charge on any atom is 0.412 e.